The van der Waals surface area contributed by atoms with Crippen molar-refractivity contribution in [3.05, 3.63) is 78.5 Å². The molecule has 0 aliphatic carbocycles. The molecule has 1 amide bonds. The molecule has 3 rings (SSSR count). The molecule has 0 saturated heterocycles. The van der Waals surface area contributed by atoms with Crippen LogP contribution in [0.25, 0.3) is 10.9 Å². The molecule has 4 nitrogen and oxygen atoms in total. The third-order valence-corrected chi connectivity index (χ3v) is 6.36. The minimum atomic E-state index is -0.322. The average molecular weight is 425 g/mol. The fourth-order valence-electron chi connectivity index (χ4n) is 3.19. The molecule has 2 aromatic carbocycles. The van der Waals surface area contributed by atoms with Crippen molar-refractivity contribution >= 4 is 40.9 Å². The van der Waals surface area contributed by atoms with Crippen LogP contribution in [0.15, 0.2) is 67.3 Å². The first-order chi connectivity index (χ1) is 13.0. The van der Waals surface area contributed by atoms with Gasteiger partial charge in [-0.05, 0) is 0 Å². The third kappa shape index (κ3) is 4.05. The van der Waals surface area contributed by atoms with E-state index in [-0.39, 0.29) is 25.5 Å². The van der Waals surface area contributed by atoms with E-state index in [4.69, 9.17) is 0 Å². The standard InChI is InChI=1S/C22H22N2O2Se/c1-4-14-24(16(2)25)15-19-18-12-8-9-13-20(18)23(3)21(19)22(26)27-17-10-6-5-7-11-17/h4-13H,1,14-15H2,2-3H3. The van der Waals surface area contributed by atoms with Gasteiger partial charge < -0.3 is 0 Å². The second-order valence-electron chi connectivity index (χ2n) is 6.29. The van der Waals surface area contributed by atoms with E-state index in [2.05, 4.69) is 6.58 Å². The fourth-order valence-corrected chi connectivity index (χ4v) is 5.00. The Morgan fingerprint density at radius 2 is 1.78 bits per heavy atom. The van der Waals surface area contributed by atoms with Crippen molar-refractivity contribution in [2.75, 3.05) is 6.54 Å². The van der Waals surface area contributed by atoms with Gasteiger partial charge in [-0.1, -0.05) is 0 Å². The molecule has 1 aromatic heterocycles. The van der Waals surface area contributed by atoms with Gasteiger partial charge in [-0.25, -0.2) is 0 Å². The predicted molar refractivity (Wildman–Crippen MR) is 110 cm³/mol. The van der Waals surface area contributed by atoms with E-state index in [1.54, 1.807) is 17.9 Å². The van der Waals surface area contributed by atoms with E-state index in [9.17, 15) is 9.59 Å². The molecule has 0 aliphatic rings. The number of carbonyl (C=O) groups is 2. The van der Waals surface area contributed by atoms with Gasteiger partial charge in [0.25, 0.3) is 0 Å². The van der Waals surface area contributed by atoms with E-state index in [1.807, 2.05) is 66.2 Å². The van der Waals surface area contributed by atoms with E-state index < -0.39 is 0 Å². The summed E-state index contributed by atoms with van der Waals surface area (Å²) in [5.74, 6) is -0.0326. The quantitative estimate of drug-likeness (QED) is 0.432. The number of hydrogen-bond donors (Lipinski definition) is 0. The summed E-state index contributed by atoms with van der Waals surface area (Å²) in [6, 6.07) is 17.8. The first kappa shape index (κ1) is 19.1. The predicted octanol–water partition coefficient (Wildman–Crippen LogP) is 2.88. The number of hydrogen-bond acceptors (Lipinski definition) is 2. The molecule has 0 spiro atoms. The number of aryl methyl sites for hydroxylation is 1. The van der Waals surface area contributed by atoms with Crippen LogP contribution in [-0.2, 0) is 18.4 Å². The molecule has 0 saturated carbocycles. The molecule has 0 bridgehead atoms. The van der Waals surface area contributed by atoms with Gasteiger partial charge in [0, 0.05) is 0 Å². The topological polar surface area (TPSA) is 42.3 Å². The van der Waals surface area contributed by atoms with Gasteiger partial charge in [0.2, 0.25) is 0 Å². The van der Waals surface area contributed by atoms with Crippen molar-refractivity contribution in [1.82, 2.24) is 9.47 Å². The van der Waals surface area contributed by atoms with Crippen molar-refractivity contribution in [1.29, 1.82) is 0 Å². The van der Waals surface area contributed by atoms with Crippen molar-refractivity contribution in [3.8, 4) is 0 Å². The molecule has 0 aliphatic heterocycles. The molecule has 1 heterocycles. The number of fused-ring (bicyclic) bond motifs is 1. The van der Waals surface area contributed by atoms with Crippen molar-refractivity contribution in [2.45, 2.75) is 13.5 Å². The number of nitrogens with zero attached hydrogens (tertiary/aromatic N) is 2. The summed E-state index contributed by atoms with van der Waals surface area (Å²) in [5, 5.41) is 1.02. The monoisotopic (exact) mass is 426 g/mol. The Hall–Kier alpha value is -2.62. The normalized spacial score (nSPS) is 10.7. The van der Waals surface area contributed by atoms with Crippen LogP contribution >= 0.6 is 0 Å². The SMILES string of the molecule is C=CCN(Cc1c(C(=O)[Se]c2ccccc2)n(C)c2ccccc12)C(C)=O. The maximum atomic E-state index is 13.2. The fraction of sp³-hybridized carbons (Fsp3) is 0.182. The summed E-state index contributed by atoms with van der Waals surface area (Å²) >= 11 is -0.322. The van der Waals surface area contributed by atoms with Crippen LogP contribution in [-0.4, -0.2) is 41.6 Å². The van der Waals surface area contributed by atoms with Crippen molar-refractivity contribution in [3.63, 3.8) is 0 Å². The Balaban J connectivity index is 2.07. The van der Waals surface area contributed by atoms with Crippen LogP contribution in [0.2, 0.25) is 0 Å². The summed E-state index contributed by atoms with van der Waals surface area (Å²) in [5.41, 5.74) is 2.60. The van der Waals surface area contributed by atoms with E-state index in [0.29, 0.717) is 18.8 Å². The van der Waals surface area contributed by atoms with Crippen LogP contribution < -0.4 is 4.46 Å². The van der Waals surface area contributed by atoms with Gasteiger partial charge in [0.15, 0.2) is 0 Å². The minimum absolute atomic E-state index is 0.0326. The average Bonchev–Trinajstić information content (AvgIpc) is 2.94. The molecule has 27 heavy (non-hydrogen) atoms. The molecule has 138 valence electrons. The number of aromatic nitrogens is 1. The number of rotatable bonds is 7. The second-order valence-corrected chi connectivity index (χ2v) is 8.49. The zero-order valence-corrected chi connectivity index (χ0v) is 17.2. The molecule has 0 atom stereocenters. The zero-order chi connectivity index (χ0) is 19.4. The molecular formula is C22H22N2O2Se. The Kier molecular flexibility index (Phi) is 5.94. The van der Waals surface area contributed by atoms with Gasteiger partial charge in [-0.15, -0.1) is 0 Å². The summed E-state index contributed by atoms with van der Waals surface area (Å²) in [6.45, 7) is 6.14. The van der Waals surface area contributed by atoms with Gasteiger partial charge in [0.05, 0.1) is 0 Å². The molecule has 0 N–H and O–H groups in total. The van der Waals surface area contributed by atoms with Crippen LogP contribution in [0.3, 0.4) is 0 Å². The van der Waals surface area contributed by atoms with Crippen LogP contribution in [0.1, 0.15) is 23.0 Å². The maximum absolute atomic E-state index is 13.2. The number of carbonyl (C=O) groups excluding carboxylic acids is 2. The van der Waals surface area contributed by atoms with E-state index in [1.165, 1.54) is 0 Å². The number of benzene rings is 2. The Morgan fingerprint density at radius 3 is 2.44 bits per heavy atom. The van der Waals surface area contributed by atoms with Crippen molar-refractivity contribution in [2.24, 2.45) is 7.05 Å². The summed E-state index contributed by atoms with van der Waals surface area (Å²) in [7, 11) is 1.92. The zero-order valence-electron chi connectivity index (χ0n) is 15.5. The number of amides is 1. The second kappa shape index (κ2) is 8.38. The van der Waals surface area contributed by atoms with Gasteiger partial charge in [-0.3, -0.25) is 0 Å². The molecule has 5 heteroatoms. The van der Waals surface area contributed by atoms with Crippen LogP contribution in [0.4, 0.5) is 0 Å². The van der Waals surface area contributed by atoms with E-state index in [0.717, 1.165) is 20.9 Å². The Morgan fingerprint density at radius 1 is 1.11 bits per heavy atom. The molecular weight excluding hydrogens is 403 g/mol. The van der Waals surface area contributed by atoms with Gasteiger partial charge in [0.1, 0.15) is 0 Å². The number of para-hydroxylation sites is 1. The van der Waals surface area contributed by atoms with Crippen LogP contribution in [0, 0.1) is 0 Å². The third-order valence-electron chi connectivity index (χ3n) is 4.50. The first-order valence-electron chi connectivity index (χ1n) is 8.73. The molecule has 0 fully saturated rings. The molecule has 0 radical (unpaired) electrons. The van der Waals surface area contributed by atoms with Gasteiger partial charge in [-0.2, -0.15) is 0 Å². The Labute approximate surface area is 165 Å². The molecule has 3 aromatic rings. The summed E-state index contributed by atoms with van der Waals surface area (Å²) in [6.07, 6.45) is 1.71. The van der Waals surface area contributed by atoms with Crippen LogP contribution in [0.5, 0.6) is 0 Å². The van der Waals surface area contributed by atoms with Gasteiger partial charge >= 0.3 is 166 Å². The summed E-state index contributed by atoms with van der Waals surface area (Å²) < 4.78 is 3.12. The van der Waals surface area contributed by atoms with E-state index >= 15 is 0 Å². The summed E-state index contributed by atoms with van der Waals surface area (Å²) in [4.78, 5) is 27.0. The Bertz CT molecular complexity index is 992. The van der Waals surface area contributed by atoms with Crippen molar-refractivity contribution < 1.29 is 9.59 Å². The molecule has 0 unspecified atom stereocenters. The first-order valence-corrected chi connectivity index (χ1v) is 10.4.